The molecule has 0 fully saturated rings. The van der Waals surface area contributed by atoms with E-state index in [0.717, 1.165) is 28.1 Å². The summed E-state index contributed by atoms with van der Waals surface area (Å²) in [6.07, 6.45) is 0.657. The van der Waals surface area contributed by atoms with Crippen LogP contribution in [0, 0.1) is 0 Å². The number of hydrogen-bond acceptors (Lipinski definition) is 5. The van der Waals surface area contributed by atoms with Crippen molar-refractivity contribution in [2.45, 2.75) is 6.42 Å². The Balaban J connectivity index is 1.74. The molecule has 2 N–H and O–H groups in total. The van der Waals surface area contributed by atoms with Gasteiger partial charge in [-0.1, -0.05) is 24.3 Å². The maximum absolute atomic E-state index is 5.77. The van der Waals surface area contributed by atoms with Crippen LogP contribution in [0.25, 0.3) is 10.9 Å². The molecule has 22 heavy (non-hydrogen) atoms. The van der Waals surface area contributed by atoms with Gasteiger partial charge in [-0.3, -0.25) is 0 Å². The SMILES string of the molecule is COc1cccc(OCCc2nc(N)nc3ccccc23)c1. The van der Waals surface area contributed by atoms with Crippen LogP contribution < -0.4 is 15.2 Å². The van der Waals surface area contributed by atoms with E-state index >= 15 is 0 Å². The summed E-state index contributed by atoms with van der Waals surface area (Å²) in [5.74, 6) is 1.83. The van der Waals surface area contributed by atoms with Crippen molar-refractivity contribution in [1.82, 2.24) is 9.97 Å². The van der Waals surface area contributed by atoms with Gasteiger partial charge in [-0.05, 0) is 18.2 Å². The molecule has 0 aliphatic carbocycles. The van der Waals surface area contributed by atoms with Crippen LogP contribution in [0.2, 0.25) is 0 Å². The van der Waals surface area contributed by atoms with Crippen LogP contribution in [-0.2, 0) is 6.42 Å². The fraction of sp³-hybridized carbons (Fsp3) is 0.176. The van der Waals surface area contributed by atoms with Crippen LogP contribution in [0.4, 0.5) is 5.95 Å². The van der Waals surface area contributed by atoms with Gasteiger partial charge < -0.3 is 15.2 Å². The van der Waals surface area contributed by atoms with E-state index in [1.165, 1.54) is 0 Å². The predicted octanol–water partition coefficient (Wildman–Crippen LogP) is 2.84. The Kier molecular flexibility index (Phi) is 4.05. The number of benzene rings is 2. The maximum atomic E-state index is 5.77. The molecule has 0 bridgehead atoms. The molecule has 2 aromatic carbocycles. The first-order chi connectivity index (χ1) is 10.8. The normalized spacial score (nSPS) is 10.6. The highest BCUT2D eigenvalue weighted by Crippen LogP contribution is 2.20. The predicted molar refractivity (Wildman–Crippen MR) is 86.1 cm³/mol. The number of methoxy groups -OCH3 is 1. The highest BCUT2D eigenvalue weighted by Gasteiger charge is 2.06. The van der Waals surface area contributed by atoms with Crippen molar-refractivity contribution >= 4 is 16.9 Å². The van der Waals surface area contributed by atoms with Gasteiger partial charge in [0, 0.05) is 17.9 Å². The number of anilines is 1. The standard InChI is InChI=1S/C17H17N3O2/c1-21-12-5-4-6-13(11-12)22-10-9-16-14-7-2-3-8-15(14)19-17(18)20-16/h2-8,11H,9-10H2,1H3,(H2,18,19,20). The Morgan fingerprint density at radius 3 is 2.68 bits per heavy atom. The van der Waals surface area contributed by atoms with Crippen LogP contribution in [0.3, 0.4) is 0 Å². The summed E-state index contributed by atoms with van der Waals surface area (Å²) in [6, 6.07) is 15.4. The molecule has 112 valence electrons. The first kappa shape index (κ1) is 14.1. The second-order valence-corrected chi connectivity index (χ2v) is 4.82. The molecule has 0 radical (unpaired) electrons. The van der Waals surface area contributed by atoms with Gasteiger partial charge in [0.25, 0.3) is 0 Å². The number of aromatic nitrogens is 2. The molecule has 0 atom stereocenters. The van der Waals surface area contributed by atoms with Gasteiger partial charge in [0.1, 0.15) is 11.5 Å². The summed E-state index contributed by atoms with van der Waals surface area (Å²) in [6.45, 7) is 0.508. The van der Waals surface area contributed by atoms with E-state index < -0.39 is 0 Å². The molecule has 0 unspecified atom stereocenters. The van der Waals surface area contributed by atoms with Crippen molar-refractivity contribution in [3.8, 4) is 11.5 Å². The Bertz CT molecular complexity index is 790. The summed E-state index contributed by atoms with van der Waals surface area (Å²) in [4.78, 5) is 8.56. The van der Waals surface area contributed by atoms with Crippen molar-refractivity contribution in [2.75, 3.05) is 19.5 Å². The average molecular weight is 295 g/mol. The first-order valence-corrected chi connectivity index (χ1v) is 7.04. The highest BCUT2D eigenvalue weighted by molar-refractivity contribution is 5.81. The van der Waals surface area contributed by atoms with E-state index in [0.29, 0.717) is 13.0 Å². The number of nitrogens with two attached hydrogens (primary N) is 1. The Morgan fingerprint density at radius 1 is 1.00 bits per heavy atom. The number of ether oxygens (including phenoxy) is 2. The molecule has 5 nitrogen and oxygen atoms in total. The minimum atomic E-state index is 0.287. The minimum Gasteiger partial charge on any atom is -0.497 e. The lowest BCUT2D eigenvalue weighted by Gasteiger charge is -2.09. The third kappa shape index (κ3) is 3.09. The fourth-order valence-corrected chi connectivity index (χ4v) is 2.31. The lowest BCUT2D eigenvalue weighted by atomic mass is 10.1. The molecular weight excluding hydrogens is 278 g/mol. The first-order valence-electron chi connectivity index (χ1n) is 7.04. The third-order valence-electron chi connectivity index (χ3n) is 3.35. The summed E-state index contributed by atoms with van der Waals surface area (Å²) in [5, 5.41) is 1.01. The van der Waals surface area contributed by atoms with E-state index in [4.69, 9.17) is 15.2 Å². The molecule has 5 heteroatoms. The maximum Gasteiger partial charge on any atom is 0.220 e. The van der Waals surface area contributed by atoms with E-state index in [1.54, 1.807) is 7.11 Å². The molecule has 1 aromatic heterocycles. The van der Waals surface area contributed by atoms with Gasteiger partial charge in [-0.15, -0.1) is 0 Å². The zero-order valence-corrected chi connectivity index (χ0v) is 12.3. The molecule has 0 spiro atoms. The zero-order chi connectivity index (χ0) is 15.4. The number of hydrogen-bond donors (Lipinski definition) is 1. The van der Waals surface area contributed by atoms with Gasteiger partial charge in [-0.25, -0.2) is 9.97 Å². The third-order valence-corrected chi connectivity index (χ3v) is 3.35. The molecule has 3 rings (SSSR count). The van der Waals surface area contributed by atoms with Crippen LogP contribution >= 0.6 is 0 Å². The topological polar surface area (TPSA) is 70.3 Å². The van der Waals surface area contributed by atoms with E-state index in [2.05, 4.69) is 9.97 Å². The molecule has 1 heterocycles. The quantitative estimate of drug-likeness (QED) is 0.783. The van der Waals surface area contributed by atoms with Crippen LogP contribution in [-0.4, -0.2) is 23.7 Å². The monoisotopic (exact) mass is 295 g/mol. The Labute approximate surface area is 128 Å². The van der Waals surface area contributed by atoms with Crippen molar-refractivity contribution in [1.29, 1.82) is 0 Å². The summed E-state index contributed by atoms with van der Waals surface area (Å²) >= 11 is 0. The number of para-hydroxylation sites is 1. The number of nitrogens with zero attached hydrogens (tertiary/aromatic N) is 2. The average Bonchev–Trinajstić information content (AvgIpc) is 2.55. The molecule has 0 aliphatic heterocycles. The number of rotatable bonds is 5. The smallest absolute Gasteiger partial charge is 0.220 e. The molecular formula is C17H17N3O2. The van der Waals surface area contributed by atoms with Gasteiger partial charge in [0.15, 0.2) is 0 Å². The van der Waals surface area contributed by atoms with Crippen LogP contribution in [0.1, 0.15) is 5.69 Å². The molecule has 0 aliphatic rings. The van der Waals surface area contributed by atoms with Crippen molar-refractivity contribution < 1.29 is 9.47 Å². The Hall–Kier alpha value is -2.82. The minimum absolute atomic E-state index is 0.287. The van der Waals surface area contributed by atoms with Gasteiger partial charge >= 0.3 is 0 Å². The van der Waals surface area contributed by atoms with Crippen LogP contribution in [0.5, 0.6) is 11.5 Å². The fourth-order valence-electron chi connectivity index (χ4n) is 2.31. The second-order valence-electron chi connectivity index (χ2n) is 4.82. The van der Waals surface area contributed by atoms with E-state index in [1.807, 2.05) is 48.5 Å². The van der Waals surface area contributed by atoms with Crippen molar-refractivity contribution in [3.05, 3.63) is 54.2 Å². The molecule has 0 saturated heterocycles. The summed E-state index contributed by atoms with van der Waals surface area (Å²) in [7, 11) is 1.63. The van der Waals surface area contributed by atoms with Gasteiger partial charge in [-0.2, -0.15) is 0 Å². The molecule has 0 amide bonds. The number of fused-ring (bicyclic) bond motifs is 1. The largest absolute Gasteiger partial charge is 0.497 e. The van der Waals surface area contributed by atoms with Crippen molar-refractivity contribution in [3.63, 3.8) is 0 Å². The molecule has 0 saturated carbocycles. The summed E-state index contributed by atoms with van der Waals surface area (Å²) < 4.78 is 10.9. The lowest BCUT2D eigenvalue weighted by molar-refractivity contribution is 0.318. The second kappa shape index (κ2) is 6.30. The Morgan fingerprint density at radius 2 is 1.82 bits per heavy atom. The van der Waals surface area contributed by atoms with E-state index in [-0.39, 0.29) is 5.95 Å². The zero-order valence-electron chi connectivity index (χ0n) is 12.3. The highest BCUT2D eigenvalue weighted by atomic mass is 16.5. The number of nitrogen functional groups attached to an aromatic ring is 1. The van der Waals surface area contributed by atoms with Gasteiger partial charge in [0.05, 0.1) is 24.9 Å². The van der Waals surface area contributed by atoms with Gasteiger partial charge in [0.2, 0.25) is 5.95 Å². The molecule has 3 aromatic rings. The van der Waals surface area contributed by atoms with Crippen molar-refractivity contribution in [2.24, 2.45) is 0 Å². The van der Waals surface area contributed by atoms with Crippen LogP contribution in [0.15, 0.2) is 48.5 Å². The summed E-state index contributed by atoms with van der Waals surface area (Å²) in [5.41, 5.74) is 7.51. The lowest BCUT2D eigenvalue weighted by Crippen LogP contribution is -2.06. The van der Waals surface area contributed by atoms with E-state index in [9.17, 15) is 0 Å².